The number of fused-ring (bicyclic) bond motifs is 6. The first-order chi connectivity index (χ1) is 47.2. The Labute approximate surface area is 553 Å². The molecule has 0 radical (unpaired) electrons. The van der Waals surface area contributed by atoms with Crippen LogP contribution in [0.2, 0.25) is 0 Å². The van der Waals surface area contributed by atoms with Crippen molar-refractivity contribution >= 4 is 44.4 Å². The molecule has 7 nitrogen and oxygen atoms in total. The summed E-state index contributed by atoms with van der Waals surface area (Å²) in [6.07, 6.45) is -0.873. The van der Waals surface area contributed by atoms with Crippen molar-refractivity contribution < 1.29 is 26.3 Å². The van der Waals surface area contributed by atoms with E-state index >= 15 is 26.3 Å². The molecule has 16 rings (SSSR count). The molecular formula is C84H53F6N7. The second-order valence-corrected chi connectivity index (χ2v) is 24.4. The van der Waals surface area contributed by atoms with E-state index in [1.54, 1.807) is 27.7 Å². The molecule has 0 fully saturated rings. The molecule has 1 aliphatic carbocycles. The first-order valence-electron chi connectivity index (χ1n) is 31.6. The fourth-order valence-electron chi connectivity index (χ4n) is 13.9. The second kappa shape index (κ2) is 23.9. The number of halogens is 6. The highest BCUT2D eigenvalue weighted by Crippen LogP contribution is 2.52. The average Bonchev–Trinajstić information content (AvgIpc) is 1.57. The van der Waals surface area contributed by atoms with Gasteiger partial charge in [0, 0.05) is 108 Å². The van der Waals surface area contributed by atoms with E-state index in [-0.39, 0.29) is 22.5 Å². The summed E-state index contributed by atoms with van der Waals surface area (Å²) in [5.41, 5.74) is 11.9. The van der Waals surface area contributed by atoms with E-state index in [4.69, 9.17) is 19.9 Å². The SMILES string of the molecule is CC1CC(c2ccc(-c3ccccc3)nc2)=Cc2c1n(-c1cc(C#N)c(-n3c4ccc(-c5ccc(-c6ccccc6)nc5)cc4c4cc(-c5ccc(-c6ccccc6)nc5)ccc43)cc1-c1c(C(F)(F)F)cccc1C(F)(F)F)c1ccc(-c3ccc(-c4ccccc4)nc3)cc21. The van der Waals surface area contributed by atoms with Crippen LogP contribution < -0.4 is 0 Å². The number of benzene rings is 9. The molecule has 1 atom stereocenters. The number of nitriles is 1. The average molecular weight is 1270 g/mol. The maximum atomic E-state index is 16.1. The molecule has 6 aromatic heterocycles. The Balaban J connectivity index is 0.946. The Morgan fingerprint density at radius 3 is 1.14 bits per heavy atom. The largest absolute Gasteiger partial charge is 0.417 e. The van der Waals surface area contributed by atoms with Crippen LogP contribution in [0.15, 0.2) is 280 Å². The maximum Gasteiger partial charge on any atom is 0.417 e. The smallest absolute Gasteiger partial charge is 0.312 e. The molecule has 13 heteroatoms. The van der Waals surface area contributed by atoms with Crippen LogP contribution in [0.1, 0.15) is 52.8 Å². The molecule has 0 amide bonds. The zero-order valence-electron chi connectivity index (χ0n) is 51.8. The van der Waals surface area contributed by atoms with Crippen molar-refractivity contribution in [2.24, 2.45) is 0 Å². The first-order valence-corrected chi connectivity index (χ1v) is 31.6. The number of pyridine rings is 4. The number of hydrogen-bond acceptors (Lipinski definition) is 5. The molecule has 6 heterocycles. The third-order valence-electron chi connectivity index (χ3n) is 18.5. The summed E-state index contributed by atoms with van der Waals surface area (Å²) >= 11 is 0. The highest BCUT2D eigenvalue weighted by molar-refractivity contribution is 6.12. The summed E-state index contributed by atoms with van der Waals surface area (Å²) in [6.45, 7) is 2.01. The Morgan fingerprint density at radius 2 is 0.763 bits per heavy atom. The van der Waals surface area contributed by atoms with Crippen molar-refractivity contribution in [3.05, 3.63) is 313 Å². The van der Waals surface area contributed by atoms with Crippen LogP contribution in [0.4, 0.5) is 26.3 Å². The summed E-state index contributed by atoms with van der Waals surface area (Å²) in [6, 6.07) is 79.7. The van der Waals surface area contributed by atoms with Gasteiger partial charge in [0.25, 0.3) is 0 Å². The fraction of sp³-hybridized carbons (Fsp3) is 0.0595. The highest BCUT2D eigenvalue weighted by Gasteiger charge is 2.43. The van der Waals surface area contributed by atoms with Crippen LogP contribution in [0.25, 0.3) is 145 Å². The Bertz CT molecular complexity index is 5430. The van der Waals surface area contributed by atoms with Crippen molar-refractivity contribution in [3.63, 3.8) is 0 Å². The van der Waals surface area contributed by atoms with Crippen LogP contribution in [0.3, 0.4) is 0 Å². The van der Waals surface area contributed by atoms with Gasteiger partial charge in [-0.1, -0.05) is 177 Å². The number of nitrogens with zero attached hydrogens (tertiary/aromatic N) is 7. The van der Waals surface area contributed by atoms with Gasteiger partial charge in [-0.25, -0.2) is 0 Å². The Morgan fingerprint density at radius 1 is 0.381 bits per heavy atom. The number of allylic oxidation sites excluding steroid dienone is 1. The van der Waals surface area contributed by atoms with E-state index in [9.17, 15) is 5.26 Å². The molecule has 0 saturated carbocycles. The normalized spacial score (nSPS) is 13.2. The van der Waals surface area contributed by atoms with Crippen molar-refractivity contribution in [1.29, 1.82) is 5.26 Å². The van der Waals surface area contributed by atoms with Crippen molar-refractivity contribution in [2.45, 2.75) is 31.6 Å². The van der Waals surface area contributed by atoms with Crippen LogP contribution in [-0.2, 0) is 12.4 Å². The van der Waals surface area contributed by atoms with Gasteiger partial charge in [0.1, 0.15) is 6.07 Å². The third-order valence-corrected chi connectivity index (χ3v) is 18.5. The molecular weight excluding hydrogens is 1220 g/mol. The summed E-state index contributed by atoms with van der Waals surface area (Å²) < 4.78 is 100.0. The van der Waals surface area contributed by atoms with E-state index in [2.05, 4.69) is 12.1 Å². The minimum atomic E-state index is -5.28. The molecule has 97 heavy (non-hydrogen) atoms. The van der Waals surface area contributed by atoms with E-state index < -0.39 is 35.0 Å². The van der Waals surface area contributed by atoms with E-state index in [1.165, 1.54) is 12.1 Å². The van der Waals surface area contributed by atoms with Crippen molar-refractivity contribution in [2.75, 3.05) is 0 Å². The quantitative estimate of drug-likeness (QED) is 0.120. The monoisotopic (exact) mass is 1270 g/mol. The van der Waals surface area contributed by atoms with Gasteiger partial charge < -0.3 is 9.13 Å². The lowest BCUT2D eigenvalue weighted by molar-refractivity contribution is -0.142. The minimum Gasteiger partial charge on any atom is -0.312 e. The van der Waals surface area contributed by atoms with E-state index in [0.29, 0.717) is 62.5 Å². The zero-order valence-corrected chi connectivity index (χ0v) is 51.8. The highest BCUT2D eigenvalue weighted by atomic mass is 19.4. The molecule has 0 N–H and O–H groups in total. The molecule has 15 aromatic rings. The Kier molecular flexibility index (Phi) is 14.7. The lowest BCUT2D eigenvalue weighted by atomic mass is 9.84. The molecule has 1 aliphatic rings. The standard InChI is InChI=1S/C84H53F6N7/c1-51-39-63(62-28-35-75(95-50-62)55-21-12-5-13-22-55)43-68-67-42-58(61-27-34-74(94-49-61)54-19-10-4-11-20-54)31-38-78(67)97(82(51)68)80-44-64(46-91)79(45-69(80)81-70(83(85,86)87)23-14-24-71(81)84(88,89)90)96-76-36-29-56(59-25-32-72(92-47-59)52-15-6-2-7-16-52)40-65(76)66-41-57(30-37-77(66)96)60-26-33-73(93-48-60)53-17-8-3-9-18-53/h2-38,40-45,47-51H,39H2,1H3. The number of rotatable bonds is 11. The topological polar surface area (TPSA) is 85.2 Å². The fourth-order valence-corrected chi connectivity index (χ4v) is 13.9. The number of alkyl halides is 6. The number of aromatic nitrogens is 6. The molecule has 0 saturated heterocycles. The molecule has 0 spiro atoms. The van der Waals surface area contributed by atoms with Crippen molar-refractivity contribution in [1.82, 2.24) is 29.1 Å². The van der Waals surface area contributed by atoms with Gasteiger partial charge in [-0.2, -0.15) is 31.6 Å². The minimum absolute atomic E-state index is 0.00812. The van der Waals surface area contributed by atoms with Crippen molar-refractivity contribution in [3.8, 4) is 107 Å². The van der Waals surface area contributed by atoms with Crippen LogP contribution >= 0.6 is 0 Å². The van der Waals surface area contributed by atoms with Gasteiger partial charge >= 0.3 is 12.4 Å². The predicted octanol–water partition coefficient (Wildman–Crippen LogP) is 22.6. The zero-order chi connectivity index (χ0) is 66.1. The summed E-state index contributed by atoms with van der Waals surface area (Å²) in [4.78, 5) is 19.4. The summed E-state index contributed by atoms with van der Waals surface area (Å²) in [5.74, 6) is -0.403. The lowest BCUT2D eigenvalue weighted by Crippen LogP contribution is -2.16. The maximum absolute atomic E-state index is 16.1. The predicted molar refractivity (Wildman–Crippen MR) is 374 cm³/mol. The third kappa shape index (κ3) is 10.9. The first kappa shape index (κ1) is 59.7. The summed E-state index contributed by atoms with van der Waals surface area (Å²) in [7, 11) is 0. The lowest BCUT2D eigenvalue weighted by Gasteiger charge is -2.27. The Hall–Kier alpha value is -12.3. The molecule has 1 unspecified atom stereocenters. The van der Waals surface area contributed by atoms with Gasteiger partial charge in [-0.05, 0) is 125 Å². The van der Waals surface area contributed by atoms with Gasteiger partial charge in [0.05, 0.1) is 67.4 Å². The van der Waals surface area contributed by atoms with Crippen LogP contribution in [-0.4, -0.2) is 29.1 Å². The van der Waals surface area contributed by atoms with E-state index in [1.807, 2.05) is 238 Å². The van der Waals surface area contributed by atoms with Gasteiger partial charge in [0.15, 0.2) is 0 Å². The molecule has 9 aromatic carbocycles. The van der Waals surface area contributed by atoms with Gasteiger partial charge in [-0.3, -0.25) is 19.9 Å². The molecule has 0 bridgehead atoms. The van der Waals surface area contributed by atoms with Crippen LogP contribution in [0, 0.1) is 11.3 Å². The molecule has 0 aliphatic heterocycles. The number of hydrogen-bond donors (Lipinski definition) is 0. The van der Waals surface area contributed by atoms with Gasteiger partial charge in [-0.15, -0.1) is 0 Å². The van der Waals surface area contributed by atoms with Crippen LogP contribution in [0.5, 0.6) is 0 Å². The second-order valence-electron chi connectivity index (χ2n) is 24.4. The van der Waals surface area contributed by atoms with E-state index in [0.717, 1.165) is 95.6 Å². The summed E-state index contributed by atoms with van der Waals surface area (Å²) in [5, 5.41) is 13.8. The molecule has 466 valence electrons. The van der Waals surface area contributed by atoms with Gasteiger partial charge in [0.2, 0.25) is 0 Å².